The van der Waals surface area contributed by atoms with E-state index in [2.05, 4.69) is 22.8 Å². The highest BCUT2D eigenvalue weighted by Gasteiger charge is 2.07. The zero-order chi connectivity index (χ0) is 13.2. The molecule has 0 atom stereocenters. The molecule has 0 bridgehead atoms. The Hall–Kier alpha value is -1.91. The highest BCUT2D eigenvalue weighted by atomic mass is 32.1. The Balaban J connectivity index is 2.16. The van der Waals surface area contributed by atoms with Crippen LogP contribution in [0.15, 0.2) is 53.2 Å². The van der Waals surface area contributed by atoms with E-state index in [1.54, 1.807) is 11.3 Å². The smallest absolute Gasteiger partial charge is 0.104 e. The lowest BCUT2D eigenvalue weighted by atomic mass is 10.0. The van der Waals surface area contributed by atoms with Crippen molar-refractivity contribution in [3.05, 3.63) is 58.8 Å². The number of rotatable bonds is 3. The van der Waals surface area contributed by atoms with Crippen molar-refractivity contribution < 1.29 is 0 Å². The number of anilines is 2. The third kappa shape index (κ3) is 2.32. The van der Waals surface area contributed by atoms with E-state index in [9.17, 15) is 0 Å². The van der Waals surface area contributed by atoms with Crippen LogP contribution < -0.4 is 11.1 Å². The minimum atomic E-state index is 0.429. The van der Waals surface area contributed by atoms with Gasteiger partial charge in [-0.15, -0.1) is 0 Å². The van der Waals surface area contributed by atoms with Crippen molar-refractivity contribution in [2.45, 2.75) is 0 Å². The molecular weight excluding hydrogens is 272 g/mol. The van der Waals surface area contributed by atoms with Gasteiger partial charge in [0.05, 0.1) is 0 Å². The second-order valence-corrected chi connectivity index (χ2v) is 5.43. The lowest BCUT2D eigenvalue weighted by Gasteiger charge is -2.11. The van der Waals surface area contributed by atoms with Crippen LogP contribution in [0.2, 0.25) is 0 Å². The molecule has 2 nitrogen and oxygen atoms in total. The molecule has 1 aromatic heterocycles. The number of thiophene rings is 1. The van der Waals surface area contributed by atoms with E-state index < -0.39 is 0 Å². The summed E-state index contributed by atoms with van der Waals surface area (Å²) in [5.41, 5.74) is 8.86. The number of thiocarbonyl (C=S) groups is 1. The zero-order valence-corrected chi connectivity index (χ0v) is 11.7. The minimum Gasteiger partial charge on any atom is -0.389 e. The first-order valence-electron chi connectivity index (χ1n) is 5.86. The molecule has 94 valence electrons. The number of fused-ring (bicyclic) bond motifs is 1. The number of nitrogens with one attached hydrogen (secondary N) is 1. The second-order valence-electron chi connectivity index (χ2n) is 4.21. The predicted octanol–water partition coefficient (Wildman–Crippen LogP) is 4.28. The maximum Gasteiger partial charge on any atom is 0.104 e. The predicted molar refractivity (Wildman–Crippen MR) is 87.4 cm³/mol. The summed E-state index contributed by atoms with van der Waals surface area (Å²) in [6.45, 7) is 0. The van der Waals surface area contributed by atoms with Gasteiger partial charge in [-0.25, -0.2) is 0 Å². The Labute approximate surface area is 120 Å². The highest BCUT2D eigenvalue weighted by molar-refractivity contribution is 7.80. The van der Waals surface area contributed by atoms with Crippen LogP contribution in [-0.4, -0.2) is 4.99 Å². The van der Waals surface area contributed by atoms with Crippen molar-refractivity contribution in [2.24, 2.45) is 5.73 Å². The van der Waals surface area contributed by atoms with E-state index in [0.29, 0.717) is 4.99 Å². The van der Waals surface area contributed by atoms with Gasteiger partial charge in [0.25, 0.3) is 0 Å². The largest absolute Gasteiger partial charge is 0.389 e. The molecule has 0 saturated carbocycles. The van der Waals surface area contributed by atoms with Crippen molar-refractivity contribution in [3.8, 4) is 0 Å². The quantitative estimate of drug-likeness (QED) is 0.705. The molecule has 4 heteroatoms. The molecule has 0 saturated heterocycles. The zero-order valence-electron chi connectivity index (χ0n) is 10.1. The molecule has 2 aromatic carbocycles. The van der Waals surface area contributed by atoms with Crippen LogP contribution in [0.1, 0.15) is 5.56 Å². The first kappa shape index (κ1) is 12.1. The molecule has 0 aliphatic heterocycles. The lowest BCUT2D eigenvalue weighted by Crippen LogP contribution is -2.10. The maximum atomic E-state index is 5.78. The lowest BCUT2D eigenvalue weighted by molar-refractivity contribution is 1.61. The molecule has 0 amide bonds. The number of nitrogens with two attached hydrogens (primary N) is 1. The van der Waals surface area contributed by atoms with Crippen LogP contribution in [-0.2, 0) is 0 Å². The fourth-order valence-corrected chi connectivity index (χ4v) is 2.88. The van der Waals surface area contributed by atoms with Crippen molar-refractivity contribution in [3.63, 3.8) is 0 Å². The summed E-state index contributed by atoms with van der Waals surface area (Å²) in [4.78, 5) is 0.429. The van der Waals surface area contributed by atoms with Crippen LogP contribution in [0.3, 0.4) is 0 Å². The summed E-state index contributed by atoms with van der Waals surface area (Å²) < 4.78 is 0. The summed E-state index contributed by atoms with van der Waals surface area (Å²) in [5.74, 6) is 0. The SMILES string of the molecule is NC(=S)c1ccc(Nc2ccsc2)c2ccccc12. The third-order valence-corrected chi connectivity index (χ3v) is 3.89. The van der Waals surface area contributed by atoms with Gasteiger partial charge in [-0.2, -0.15) is 11.3 Å². The fourth-order valence-electron chi connectivity index (χ4n) is 2.11. The summed E-state index contributed by atoms with van der Waals surface area (Å²) in [6, 6.07) is 14.2. The van der Waals surface area contributed by atoms with Crippen molar-refractivity contribution in [1.82, 2.24) is 0 Å². The summed E-state index contributed by atoms with van der Waals surface area (Å²) in [7, 11) is 0. The monoisotopic (exact) mass is 284 g/mol. The average Bonchev–Trinajstić information content (AvgIpc) is 2.91. The van der Waals surface area contributed by atoms with Gasteiger partial charge in [0.2, 0.25) is 0 Å². The third-order valence-electron chi connectivity index (χ3n) is 2.99. The summed E-state index contributed by atoms with van der Waals surface area (Å²) in [6.07, 6.45) is 0. The average molecular weight is 284 g/mol. The molecule has 0 spiro atoms. The number of benzene rings is 2. The van der Waals surface area contributed by atoms with Gasteiger partial charge >= 0.3 is 0 Å². The molecule has 0 fully saturated rings. The van der Waals surface area contributed by atoms with Gasteiger partial charge in [0.15, 0.2) is 0 Å². The normalized spacial score (nSPS) is 10.5. The number of hydrogen-bond donors (Lipinski definition) is 2. The summed E-state index contributed by atoms with van der Waals surface area (Å²) in [5, 5.41) is 9.75. The number of hydrogen-bond acceptors (Lipinski definition) is 3. The molecular formula is C15H12N2S2. The Morgan fingerprint density at radius 1 is 1.05 bits per heavy atom. The topological polar surface area (TPSA) is 38.0 Å². The van der Waals surface area contributed by atoms with Gasteiger partial charge in [0.1, 0.15) is 4.99 Å². The highest BCUT2D eigenvalue weighted by Crippen LogP contribution is 2.29. The van der Waals surface area contributed by atoms with Gasteiger partial charge in [-0.1, -0.05) is 36.5 Å². The van der Waals surface area contributed by atoms with Gasteiger partial charge in [-0.05, 0) is 29.0 Å². The minimum absolute atomic E-state index is 0.429. The van der Waals surface area contributed by atoms with Crippen LogP contribution in [0.4, 0.5) is 11.4 Å². The molecule has 0 unspecified atom stereocenters. The Morgan fingerprint density at radius 2 is 1.84 bits per heavy atom. The molecule has 0 aliphatic carbocycles. The summed E-state index contributed by atoms with van der Waals surface area (Å²) >= 11 is 6.78. The first-order chi connectivity index (χ1) is 9.25. The Morgan fingerprint density at radius 3 is 2.53 bits per heavy atom. The van der Waals surface area contributed by atoms with Gasteiger partial charge in [-0.3, -0.25) is 0 Å². The first-order valence-corrected chi connectivity index (χ1v) is 7.21. The van der Waals surface area contributed by atoms with E-state index in [-0.39, 0.29) is 0 Å². The van der Waals surface area contributed by atoms with E-state index in [1.165, 1.54) is 0 Å². The standard InChI is InChI=1S/C15H12N2S2/c16-15(18)13-5-6-14(17-10-7-8-19-9-10)12-4-2-1-3-11(12)13/h1-9,17H,(H2,16,18). The van der Waals surface area contributed by atoms with E-state index in [4.69, 9.17) is 18.0 Å². The molecule has 19 heavy (non-hydrogen) atoms. The van der Waals surface area contributed by atoms with E-state index in [0.717, 1.165) is 27.7 Å². The molecule has 3 N–H and O–H groups in total. The van der Waals surface area contributed by atoms with E-state index >= 15 is 0 Å². The van der Waals surface area contributed by atoms with Crippen LogP contribution in [0.5, 0.6) is 0 Å². The van der Waals surface area contributed by atoms with E-state index in [1.807, 2.05) is 35.7 Å². The second kappa shape index (κ2) is 4.99. The maximum absolute atomic E-state index is 5.78. The van der Waals surface area contributed by atoms with Crippen molar-refractivity contribution in [2.75, 3.05) is 5.32 Å². The molecule has 0 aliphatic rings. The molecule has 3 aromatic rings. The Kier molecular flexibility index (Phi) is 3.19. The Bertz CT molecular complexity index is 733. The fraction of sp³-hybridized carbons (Fsp3) is 0. The van der Waals surface area contributed by atoms with Gasteiger partial charge in [0, 0.05) is 27.7 Å². The van der Waals surface area contributed by atoms with Crippen LogP contribution >= 0.6 is 23.6 Å². The molecule has 1 heterocycles. The van der Waals surface area contributed by atoms with Gasteiger partial charge < -0.3 is 11.1 Å². The van der Waals surface area contributed by atoms with Crippen molar-refractivity contribution in [1.29, 1.82) is 0 Å². The van der Waals surface area contributed by atoms with Crippen molar-refractivity contribution >= 4 is 50.7 Å². The van der Waals surface area contributed by atoms with Crippen LogP contribution in [0, 0.1) is 0 Å². The van der Waals surface area contributed by atoms with Crippen LogP contribution in [0.25, 0.3) is 10.8 Å². The molecule has 3 rings (SSSR count). The molecule has 0 radical (unpaired) electrons.